The van der Waals surface area contributed by atoms with E-state index in [2.05, 4.69) is 15.6 Å². The van der Waals surface area contributed by atoms with Crippen molar-refractivity contribution in [1.29, 1.82) is 0 Å². The van der Waals surface area contributed by atoms with Crippen molar-refractivity contribution in [3.8, 4) is 0 Å². The Hall–Kier alpha value is -3.42. The molecule has 0 aromatic carbocycles. The van der Waals surface area contributed by atoms with E-state index in [9.17, 15) is 29.1 Å². The lowest BCUT2D eigenvalue weighted by Gasteiger charge is -2.29. The van der Waals surface area contributed by atoms with Gasteiger partial charge in [0.1, 0.15) is 18.1 Å². The highest BCUT2D eigenvalue weighted by Crippen LogP contribution is 2.20. The number of nitrogens with one attached hydrogen (secondary N) is 2. The second kappa shape index (κ2) is 13.1. The average Bonchev–Trinajstić information content (AvgIpc) is 3.21. The van der Waals surface area contributed by atoms with Gasteiger partial charge in [-0.2, -0.15) is 0 Å². The van der Waals surface area contributed by atoms with Crippen LogP contribution in [0.15, 0.2) is 4.99 Å². The molecule has 3 amide bonds. The van der Waals surface area contributed by atoms with Crippen LogP contribution in [0, 0.1) is 0 Å². The molecule has 1 heterocycles. The minimum atomic E-state index is -1.24. The molecule has 0 aromatic rings. The van der Waals surface area contributed by atoms with E-state index < -0.39 is 47.8 Å². The zero-order chi connectivity index (χ0) is 24.3. The molecule has 1 aliphatic heterocycles. The molecule has 0 unspecified atom stereocenters. The van der Waals surface area contributed by atoms with Crippen molar-refractivity contribution >= 4 is 35.6 Å². The zero-order valence-electron chi connectivity index (χ0n) is 17.7. The summed E-state index contributed by atoms with van der Waals surface area (Å²) in [7, 11) is 0. The number of carbonyl (C=O) groups is 5. The summed E-state index contributed by atoms with van der Waals surface area (Å²) in [5.74, 6) is -4.42. The van der Waals surface area contributed by atoms with Gasteiger partial charge in [0.15, 0.2) is 5.96 Å². The fourth-order valence-electron chi connectivity index (χ4n) is 3.31. The SMILES string of the molecule is NCC(=O)N[C@@H](CCC(=O)O)C(=O)N1CCC[C@H]1C(=O)N[C@@H](CCCN=C(N)N)C(=O)O. The van der Waals surface area contributed by atoms with Crippen LogP contribution in [-0.2, 0) is 24.0 Å². The van der Waals surface area contributed by atoms with E-state index in [0.717, 1.165) is 0 Å². The van der Waals surface area contributed by atoms with E-state index >= 15 is 0 Å². The lowest BCUT2D eigenvalue weighted by molar-refractivity contribution is -0.145. The van der Waals surface area contributed by atoms with Gasteiger partial charge in [0.05, 0.1) is 6.54 Å². The number of likely N-dealkylation sites (tertiary alicyclic amines) is 1. The number of nitrogens with zero attached hydrogens (tertiary/aromatic N) is 2. The number of carbonyl (C=O) groups excluding carboxylic acids is 3. The molecule has 14 nitrogen and oxygen atoms in total. The van der Waals surface area contributed by atoms with E-state index in [4.69, 9.17) is 22.3 Å². The maximum atomic E-state index is 13.0. The highest BCUT2D eigenvalue weighted by atomic mass is 16.4. The van der Waals surface area contributed by atoms with Crippen molar-refractivity contribution in [3.63, 3.8) is 0 Å². The predicted molar refractivity (Wildman–Crippen MR) is 112 cm³/mol. The van der Waals surface area contributed by atoms with Crippen LogP contribution in [0.1, 0.15) is 38.5 Å². The number of rotatable bonds is 13. The first-order chi connectivity index (χ1) is 15.1. The number of aliphatic imine (C=N–C) groups is 1. The maximum absolute atomic E-state index is 13.0. The van der Waals surface area contributed by atoms with Gasteiger partial charge in [-0.25, -0.2) is 4.79 Å². The summed E-state index contributed by atoms with van der Waals surface area (Å²) in [5.41, 5.74) is 15.7. The van der Waals surface area contributed by atoms with E-state index in [-0.39, 0.29) is 44.9 Å². The van der Waals surface area contributed by atoms with Crippen molar-refractivity contribution in [2.75, 3.05) is 19.6 Å². The topological polar surface area (TPSA) is 244 Å². The number of aliphatic carboxylic acids is 2. The van der Waals surface area contributed by atoms with Gasteiger partial charge < -0.3 is 42.9 Å². The molecule has 0 aromatic heterocycles. The van der Waals surface area contributed by atoms with Crippen LogP contribution in [0.3, 0.4) is 0 Å². The smallest absolute Gasteiger partial charge is 0.326 e. The second-order valence-corrected chi connectivity index (χ2v) is 7.29. The molecule has 1 aliphatic rings. The van der Waals surface area contributed by atoms with Gasteiger partial charge in [-0.15, -0.1) is 0 Å². The number of guanidine groups is 1. The first kappa shape index (κ1) is 26.6. The summed E-state index contributed by atoms with van der Waals surface area (Å²) in [6.07, 6.45) is 0.629. The van der Waals surface area contributed by atoms with Gasteiger partial charge >= 0.3 is 11.9 Å². The molecule has 3 atom stereocenters. The molecular weight excluding hydrogens is 426 g/mol. The highest BCUT2D eigenvalue weighted by Gasteiger charge is 2.38. The number of hydrogen-bond donors (Lipinski definition) is 7. The van der Waals surface area contributed by atoms with Gasteiger partial charge in [0, 0.05) is 19.5 Å². The van der Waals surface area contributed by atoms with Gasteiger partial charge in [-0.05, 0) is 32.1 Å². The third-order valence-corrected chi connectivity index (χ3v) is 4.86. The normalized spacial score (nSPS) is 17.2. The summed E-state index contributed by atoms with van der Waals surface area (Å²) in [6, 6.07) is -3.30. The molecule has 0 spiro atoms. The third kappa shape index (κ3) is 8.75. The van der Waals surface area contributed by atoms with Crippen LogP contribution in [-0.4, -0.2) is 88.5 Å². The summed E-state index contributed by atoms with van der Waals surface area (Å²) < 4.78 is 0. The van der Waals surface area contributed by atoms with E-state index in [0.29, 0.717) is 19.3 Å². The van der Waals surface area contributed by atoms with Crippen molar-refractivity contribution in [2.24, 2.45) is 22.2 Å². The number of carboxylic acid groups (broad SMARTS) is 2. The third-order valence-electron chi connectivity index (χ3n) is 4.86. The van der Waals surface area contributed by atoms with Crippen molar-refractivity contribution < 1.29 is 34.2 Å². The molecule has 180 valence electrons. The number of nitrogens with two attached hydrogens (primary N) is 3. The molecule has 0 aliphatic carbocycles. The summed E-state index contributed by atoms with van der Waals surface area (Å²) in [4.78, 5) is 64.8. The lowest BCUT2D eigenvalue weighted by Crippen LogP contribution is -2.55. The molecule has 0 bridgehead atoms. The van der Waals surface area contributed by atoms with Crippen molar-refractivity contribution in [1.82, 2.24) is 15.5 Å². The Morgan fingerprint density at radius 2 is 1.75 bits per heavy atom. The Labute approximate surface area is 184 Å². The van der Waals surface area contributed by atoms with Gasteiger partial charge in [-0.1, -0.05) is 0 Å². The van der Waals surface area contributed by atoms with Crippen LogP contribution in [0.5, 0.6) is 0 Å². The second-order valence-electron chi connectivity index (χ2n) is 7.29. The highest BCUT2D eigenvalue weighted by molar-refractivity contribution is 5.94. The summed E-state index contributed by atoms with van der Waals surface area (Å²) >= 11 is 0. The van der Waals surface area contributed by atoms with Crippen LogP contribution in [0.4, 0.5) is 0 Å². The zero-order valence-corrected chi connectivity index (χ0v) is 17.7. The monoisotopic (exact) mass is 457 g/mol. The van der Waals surface area contributed by atoms with Crippen LogP contribution < -0.4 is 27.8 Å². The Bertz CT molecular complexity index is 739. The Balaban J connectivity index is 2.84. The minimum absolute atomic E-state index is 0.0757. The molecule has 1 fully saturated rings. The molecule has 32 heavy (non-hydrogen) atoms. The van der Waals surface area contributed by atoms with E-state index in [1.165, 1.54) is 4.90 Å². The number of carboxylic acids is 2. The molecule has 0 radical (unpaired) electrons. The van der Waals surface area contributed by atoms with Crippen molar-refractivity contribution in [3.05, 3.63) is 0 Å². The number of amides is 3. The Morgan fingerprint density at radius 3 is 2.31 bits per heavy atom. The summed E-state index contributed by atoms with van der Waals surface area (Å²) in [5, 5.41) is 23.1. The average molecular weight is 457 g/mol. The fraction of sp³-hybridized carbons (Fsp3) is 0.667. The largest absolute Gasteiger partial charge is 0.481 e. The van der Waals surface area contributed by atoms with Gasteiger partial charge in [0.2, 0.25) is 17.7 Å². The molecule has 0 saturated carbocycles. The predicted octanol–water partition coefficient (Wildman–Crippen LogP) is -3.09. The van der Waals surface area contributed by atoms with E-state index in [1.54, 1.807) is 0 Å². The molecular formula is C18H31N7O7. The van der Waals surface area contributed by atoms with Crippen molar-refractivity contribution in [2.45, 2.75) is 56.7 Å². The first-order valence-corrected chi connectivity index (χ1v) is 10.2. The molecule has 14 heteroatoms. The van der Waals surface area contributed by atoms with Crippen LogP contribution in [0.2, 0.25) is 0 Å². The lowest BCUT2D eigenvalue weighted by atomic mass is 10.1. The van der Waals surface area contributed by atoms with Crippen LogP contribution >= 0.6 is 0 Å². The summed E-state index contributed by atoms with van der Waals surface area (Å²) in [6.45, 7) is 0.0181. The number of hydrogen-bond acceptors (Lipinski definition) is 7. The first-order valence-electron chi connectivity index (χ1n) is 10.2. The Morgan fingerprint density at radius 1 is 1.06 bits per heavy atom. The molecule has 1 saturated heterocycles. The minimum Gasteiger partial charge on any atom is -0.481 e. The Kier molecular flexibility index (Phi) is 10.9. The standard InChI is InChI=1S/C18H31N7O7/c19-9-13(26)23-10(5-6-14(27)28)16(30)25-8-2-4-12(25)15(29)24-11(17(31)32)3-1-7-22-18(20)21/h10-12H,1-9,19H2,(H,23,26)(H,24,29)(H,27,28)(H,31,32)(H4,20,21,22)/t10-,11-,12-/m0/s1. The maximum Gasteiger partial charge on any atom is 0.326 e. The van der Waals surface area contributed by atoms with Gasteiger partial charge in [-0.3, -0.25) is 24.2 Å². The quantitative estimate of drug-likeness (QED) is 0.0834. The molecule has 1 rings (SSSR count). The molecule has 10 N–H and O–H groups in total. The fourth-order valence-corrected chi connectivity index (χ4v) is 3.31. The van der Waals surface area contributed by atoms with Gasteiger partial charge in [0.25, 0.3) is 0 Å². The van der Waals surface area contributed by atoms with Crippen LogP contribution in [0.25, 0.3) is 0 Å². The van der Waals surface area contributed by atoms with E-state index in [1.807, 2.05) is 0 Å².